The Bertz CT molecular complexity index is 917. The molecular weight excluding hydrogens is 414 g/mol. The number of methoxy groups -OCH3 is 1. The predicted molar refractivity (Wildman–Crippen MR) is 105 cm³/mol. The third-order valence-corrected chi connectivity index (χ3v) is 7.06. The Labute approximate surface area is 175 Å². The Hall–Kier alpha value is -2.66. The average Bonchev–Trinajstić information content (AvgIpc) is 3.19. The Morgan fingerprint density at radius 3 is 2.50 bits per heavy atom. The van der Waals surface area contributed by atoms with Gasteiger partial charge in [0.1, 0.15) is 5.75 Å². The molecule has 0 aromatic heterocycles. The average molecular weight is 439 g/mol. The highest BCUT2D eigenvalue weighted by molar-refractivity contribution is 7.89. The van der Waals surface area contributed by atoms with Crippen molar-refractivity contribution >= 4 is 27.9 Å². The van der Waals surface area contributed by atoms with Crippen LogP contribution in [0.15, 0.2) is 29.2 Å². The molecule has 2 aliphatic rings. The molecule has 11 heteroatoms. The molecule has 1 aromatic rings. The van der Waals surface area contributed by atoms with Crippen molar-refractivity contribution in [3.8, 4) is 5.75 Å². The highest BCUT2D eigenvalue weighted by Gasteiger charge is 2.37. The first kappa shape index (κ1) is 22.0. The predicted octanol–water partition coefficient (Wildman–Crippen LogP) is 0.579. The summed E-state index contributed by atoms with van der Waals surface area (Å²) in [6, 6.07) is 5.52. The van der Waals surface area contributed by atoms with E-state index in [1.807, 2.05) is 0 Å². The number of nitrogens with one attached hydrogen (secondary N) is 1. The summed E-state index contributed by atoms with van der Waals surface area (Å²) >= 11 is 0. The molecule has 3 amide bonds. The fourth-order valence-electron chi connectivity index (χ4n) is 3.47. The molecule has 0 radical (unpaired) electrons. The lowest BCUT2D eigenvalue weighted by molar-refractivity contribution is -0.162. The molecule has 30 heavy (non-hydrogen) atoms. The van der Waals surface area contributed by atoms with Crippen molar-refractivity contribution in [3.63, 3.8) is 0 Å². The minimum atomic E-state index is -3.78. The fourth-order valence-corrected chi connectivity index (χ4v) is 5.00. The first-order valence-corrected chi connectivity index (χ1v) is 11.1. The number of carbonyl (C=O) groups excluding carboxylic acids is 3. The molecule has 1 N–H and O–H groups in total. The zero-order chi connectivity index (χ0) is 21.9. The van der Waals surface area contributed by atoms with Crippen molar-refractivity contribution < 1.29 is 32.3 Å². The van der Waals surface area contributed by atoms with Crippen LogP contribution in [0.3, 0.4) is 0 Å². The number of hydrogen-bond acceptors (Lipinski definition) is 7. The number of nitrogens with zero attached hydrogens (tertiary/aromatic N) is 2. The van der Waals surface area contributed by atoms with Crippen LogP contribution in [0.5, 0.6) is 5.75 Å². The van der Waals surface area contributed by atoms with E-state index < -0.39 is 40.0 Å². The number of carbonyl (C=O) groups is 3. The van der Waals surface area contributed by atoms with E-state index >= 15 is 0 Å². The van der Waals surface area contributed by atoms with E-state index in [0.717, 1.165) is 4.90 Å². The number of ether oxygens (including phenoxy) is 2. The second kappa shape index (κ2) is 9.00. The molecule has 10 nitrogen and oxygen atoms in total. The Balaban J connectivity index is 1.63. The lowest BCUT2D eigenvalue weighted by atomic mass is 10.00. The van der Waals surface area contributed by atoms with E-state index in [2.05, 4.69) is 5.32 Å². The summed E-state index contributed by atoms with van der Waals surface area (Å²) < 4.78 is 37.4. The van der Waals surface area contributed by atoms with Crippen molar-refractivity contribution in [2.75, 3.05) is 33.3 Å². The third kappa shape index (κ3) is 4.57. The number of hydrogen-bond donors (Lipinski definition) is 1. The van der Waals surface area contributed by atoms with Gasteiger partial charge >= 0.3 is 12.0 Å². The molecule has 0 spiro atoms. The van der Waals surface area contributed by atoms with Crippen LogP contribution >= 0.6 is 0 Å². The maximum atomic E-state index is 12.9. The van der Waals surface area contributed by atoms with Crippen LogP contribution in [0, 0.1) is 5.92 Å². The molecule has 2 aliphatic heterocycles. The molecule has 2 heterocycles. The van der Waals surface area contributed by atoms with Gasteiger partial charge in [0.15, 0.2) is 6.10 Å². The molecule has 0 aliphatic carbocycles. The van der Waals surface area contributed by atoms with Crippen LogP contribution in [0.2, 0.25) is 0 Å². The molecule has 2 atom stereocenters. The molecule has 0 bridgehead atoms. The fraction of sp³-hybridized carbons (Fsp3) is 0.526. The van der Waals surface area contributed by atoms with Gasteiger partial charge < -0.3 is 14.8 Å². The molecule has 164 valence electrons. The zero-order valence-electron chi connectivity index (χ0n) is 16.9. The summed E-state index contributed by atoms with van der Waals surface area (Å²) in [5.41, 5.74) is 0. The van der Waals surface area contributed by atoms with Gasteiger partial charge in [-0.25, -0.2) is 13.2 Å². The van der Waals surface area contributed by atoms with Crippen molar-refractivity contribution in [3.05, 3.63) is 24.3 Å². The number of urea groups is 1. The zero-order valence-corrected chi connectivity index (χ0v) is 17.7. The van der Waals surface area contributed by atoms with E-state index in [9.17, 15) is 22.8 Å². The van der Waals surface area contributed by atoms with Gasteiger partial charge in [-0.1, -0.05) is 0 Å². The summed E-state index contributed by atoms with van der Waals surface area (Å²) in [6.07, 6.45) is -0.181. The number of imide groups is 1. The normalized spacial score (nSPS) is 21.1. The van der Waals surface area contributed by atoms with E-state index in [0.29, 0.717) is 31.7 Å². The maximum Gasteiger partial charge on any atom is 0.324 e. The summed E-state index contributed by atoms with van der Waals surface area (Å²) in [7, 11) is -2.28. The molecule has 2 saturated heterocycles. The molecule has 1 aromatic carbocycles. The highest BCUT2D eigenvalue weighted by Crippen LogP contribution is 2.26. The van der Waals surface area contributed by atoms with Crippen LogP contribution in [-0.2, 0) is 24.3 Å². The lowest BCUT2D eigenvalue weighted by Crippen LogP contribution is -2.45. The van der Waals surface area contributed by atoms with Crippen LogP contribution < -0.4 is 10.1 Å². The van der Waals surface area contributed by atoms with Gasteiger partial charge in [-0.05, 0) is 44.0 Å². The van der Waals surface area contributed by atoms with Gasteiger partial charge in [-0.3, -0.25) is 14.5 Å². The lowest BCUT2D eigenvalue weighted by Gasteiger charge is -2.31. The number of amides is 3. The first-order valence-electron chi connectivity index (χ1n) is 9.68. The Morgan fingerprint density at radius 2 is 1.90 bits per heavy atom. The van der Waals surface area contributed by atoms with Crippen molar-refractivity contribution in [1.29, 1.82) is 0 Å². The number of benzene rings is 1. The minimum absolute atomic E-state index is 0.0295. The number of sulfonamides is 1. The van der Waals surface area contributed by atoms with Gasteiger partial charge in [-0.15, -0.1) is 0 Å². The quantitative estimate of drug-likeness (QED) is 0.643. The monoisotopic (exact) mass is 439 g/mol. The summed E-state index contributed by atoms with van der Waals surface area (Å²) in [6.45, 7) is 2.24. The second-order valence-electron chi connectivity index (χ2n) is 7.18. The van der Waals surface area contributed by atoms with E-state index in [1.54, 1.807) is 12.1 Å². The molecular formula is C19H25N3O7S. The minimum Gasteiger partial charge on any atom is -0.497 e. The van der Waals surface area contributed by atoms with Gasteiger partial charge in [0.25, 0.3) is 5.91 Å². The first-order chi connectivity index (χ1) is 14.2. The largest absolute Gasteiger partial charge is 0.497 e. The van der Waals surface area contributed by atoms with Crippen LogP contribution in [0.1, 0.15) is 19.8 Å². The standard InChI is InChI=1S/C19H25N3O7S/c1-13(17(23)22-11-9-20-19(22)25)29-18(24)14-4-3-10-21(12-14)30(26,27)16-7-5-15(28-2)6-8-16/h5-8,13-14H,3-4,9-12H2,1-2H3,(H,20,25). The van der Waals surface area contributed by atoms with Crippen molar-refractivity contribution in [2.45, 2.75) is 30.8 Å². The molecule has 0 saturated carbocycles. The summed E-state index contributed by atoms with van der Waals surface area (Å²) in [5.74, 6) is -1.39. The number of piperidine rings is 1. The Kier molecular flexibility index (Phi) is 6.61. The SMILES string of the molecule is COc1ccc(S(=O)(=O)N2CCCC(C(=O)OC(C)C(=O)N3CCNC3=O)C2)cc1. The number of rotatable bonds is 6. The van der Waals surface area contributed by atoms with Crippen molar-refractivity contribution in [2.24, 2.45) is 5.92 Å². The summed E-state index contributed by atoms with van der Waals surface area (Å²) in [5, 5.41) is 2.51. The number of esters is 1. The van der Waals surface area contributed by atoms with Gasteiger partial charge in [0.05, 0.1) is 17.9 Å². The van der Waals surface area contributed by atoms with Gasteiger partial charge in [0.2, 0.25) is 10.0 Å². The Morgan fingerprint density at radius 1 is 1.20 bits per heavy atom. The molecule has 2 fully saturated rings. The second-order valence-corrected chi connectivity index (χ2v) is 9.12. The van der Waals surface area contributed by atoms with Crippen molar-refractivity contribution in [1.82, 2.24) is 14.5 Å². The van der Waals surface area contributed by atoms with Crippen LogP contribution in [0.4, 0.5) is 4.79 Å². The molecule has 3 rings (SSSR count). The van der Waals surface area contributed by atoms with E-state index in [1.165, 1.54) is 30.5 Å². The van der Waals surface area contributed by atoms with Crippen LogP contribution in [-0.4, -0.2) is 74.9 Å². The maximum absolute atomic E-state index is 12.9. The smallest absolute Gasteiger partial charge is 0.324 e. The van der Waals surface area contributed by atoms with Gasteiger partial charge in [0, 0.05) is 26.2 Å². The van der Waals surface area contributed by atoms with E-state index in [4.69, 9.17) is 9.47 Å². The van der Waals surface area contributed by atoms with Gasteiger partial charge in [-0.2, -0.15) is 4.31 Å². The summed E-state index contributed by atoms with van der Waals surface area (Å²) in [4.78, 5) is 37.6. The third-order valence-electron chi connectivity index (χ3n) is 5.18. The highest BCUT2D eigenvalue weighted by atomic mass is 32.2. The van der Waals surface area contributed by atoms with E-state index in [-0.39, 0.29) is 18.0 Å². The molecule has 2 unspecified atom stereocenters. The van der Waals surface area contributed by atoms with Crippen LogP contribution in [0.25, 0.3) is 0 Å². The topological polar surface area (TPSA) is 122 Å².